The van der Waals surface area contributed by atoms with E-state index in [1.807, 2.05) is 25.7 Å². The first-order chi connectivity index (χ1) is 18.1. The number of primary amides is 1. The van der Waals surface area contributed by atoms with Crippen LogP contribution < -0.4 is 16.0 Å². The smallest absolute Gasteiger partial charge is 0.389 e. The first-order valence-corrected chi connectivity index (χ1v) is 13.8. The zero-order chi connectivity index (χ0) is 28.3. The molecule has 1 aliphatic carbocycles. The summed E-state index contributed by atoms with van der Waals surface area (Å²) in [5.74, 6) is -0.969. The van der Waals surface area contributed by atoms with Crippen LogP contribution in [0.3, 0.4) is 0 Å². The molecule has 2 fully saturated rings. The van der Waals surface area contributed by atoms with Crippen molar-refractivity contribution in [1.29, 1.82) is 0 Å². The molecule has 3 rings (SSSR count). The van der Waals surface area contributed by atoms with Crippen LogP contribution in [-0.4, -0.2) is 76.9 Å². The molecule has 4 N–H and O–H groups in total. The number of hydrogen-bond acceptors (Lipinski definition) is 7. The molecule has 218 valence electrons. The normalized spacial score (nSPS) is 21.2. The summed E-state index contributed by atoms with van der Waals surface area (Å²) in [6.45, 7) is 7.70. The van der Waals surface area contributed by atoms with Gasteiger partial charge in [-0.1, -0.05) is 27.2 Å². The van der Waals surface area contributed by atoms with Crippen LogP contribution in [0.2, 0.25) is 0 Å². The number of halogens is 4. The minimum absolute atomic E-state index is 0.000501. The number of β-amino-alcohol motifs (C(OH)–C–C–N with tert-alkyl or cyclic N) is 1. The topological polar surface area (TPSA) is 108 Å². The molecule has 38 heavy (non-hydrogen) atoms. The molecule has 1 saturated carbocycles. The minimum atomic E-state index is -4.17. The van der Waals surface area contributed by atoms with Crippen LogP contribution in [-0.2, 0) is 4.79 Å². The number of anilines is 2. The Morgan fingerprint density at radius 1 is 1.29 bits per heavy atom. The van der Waals surface area contributed by atoms with E-state index in [0.29, 0.717) is 45.4 Å². The quantitative estimate of drug-likeness (QED) is 0.315. The number of hydrogen-bond donors (Lipinski definition) is 3. The zero-order valence-electron chi connectivity index (χ0n) is 22.8. The van der Waals surface area contributed by atoms with E-state index in [9.17, 15) is 23.1 Å². The van der Waals surface area contributed by atoms with Crippen molar-refractivity contribution in [2.75, 3.05) is 42.9 Å². The molecule has 0 aromatic carbocycles. The molecule has 1 aromatic rings. The lowest BCUT2D eigenvalue weighted by atomic mass is 9.89. The Hall–Kier alpha value is -2.21. The molecule has 1 saturated heterocycles. The third-order valence-corrected chi connectivity index (χ3v) is 7.38. The summed E-state index contributed by atoms with van der Waals surface area (Å²) in [5, 5.41) is 13.5. The molecule has 1 aromatic heterocycles. The van der Waals surface area contributed by atoms with Gasteiger partial charge >= 0.3 is 6.18 Å². The Balaban J connectivity index is 0.00000247. The van der Waals surface area contributed by atoms with Crippen molar-refractivity contribution in [1.82, 2.24) is 14.9 Å². The molecular weight excluding hydrogens is 504 g/mol. The summed E-state index contributed by atoms with van der Waals surface area (Å²) in [7, 11) is 0. The standard InChI is InChI=1S/C24H38F4N6O2.C2H6/c1-2-16(5-4-9-24(26,27)28)12-34(18-6-3-7-18)23-21(25)22(31-15-32-23)30-11-17-8-10-33(13-19(17)35)14-20(29)36;1-2/h15-19,35H,2-14H2,1H3,(H2,29,36)(H,30,31,32);1-2H3/t16-,17?,19?;/m0./s1. The zero-order valence-corrected chi connectivity index (χ0v) is 22.8. The molecule has 2 aliphatic rings. The van der Waals surface area contributed by atoms with Gasteiger partial charge in [0, 0.05) is 38.0 Å². The van der Waals surface area contributed by atoms with E-state index in [0.717, 1.165) is 19.3 Å². The lowest BCUT2D eigenvalue weighted by Gasteiger charge is -2.40. The fourth-order valence-electron chi connectivity index (χ4n) is 4.96. The number of nitrogens with one attached hydrogen (secondary N) is 1. The van der Waals surface area contributed by atoms with Gasteiger partial charge in [0.05, 0.1) is 12.6 Å². The second-order valence-corrected chi connectivity index (χ2v) is 10.1. The first kappa shape index (κ1) is 32.0. The van der Waals surface area contributed by atoms with Gasteiger partial charge in [-0.2, -0.15) is 17.6 Å². The number of carbonyl (C=O) groups excluding carboxylic acids is 1. The predicted molar refractivity (Wildman–Crippen MR) is 140 cm³/mol. The number of nitrogens with zero attached hydrogens (tertiary/aromatic N) is 4. The Morgan fingerprint density at radius 3 is 2.55 bits per heavy atom. The van der Waals surface area contributed by atoms with Crippen LogP contribution in [0.4, 0.5) is 29.2 Å². The van der Waals surface area contributed by atoms with E-state index >= 15 is 4.39 Å². The molecule has 1 aliphatic heterocycles. The maximum atomic E-state index is 15.6. The molecule has 12 heteroatoms. The highest BCUT2D eigenvalue weighted by Gasteiger charge is 2.32. The molecule has 8 nitrogen and oxygen atoms in total. The summed E-state index contributed by atoms with van der Waals surface area (Å²) in [4.78, 5) is 23.1. The van der Waals surface area contributed by atoms with Crippen molar-refractivity contribution in [3.8, 4) is 0 Å². The van der Waals surface area contributed by atoms with E-state index in [-0.39, 0.29) is 42.5 Å². The number of aromatic nitrogens is 2. The number of rotatable bonds is 13. The number of amides is 1. The molecule has 1 amide bonds. The summed E-state index contributed by atoms with van der Waals surface area (Å²) >= 11 is 0. The number of aliphatic hydroxyl groups excluding tert-OH is 1. The second-order valence-electron chi connectivity index (χ2n) is 10.1. The molecule has 2 heterocycles. The van der Waals surface area contributed by atoms with Crippen LogP contribution >= 0.6 is 0 Å². The van der Waals surface area contributed by atoms with Gasteiger partial charge in [-0.05, 0) is 51.0 Å². The number of alkyl halides is 3. The number of aliphatic hydroxyl groups is 1. The number of nitrogens with two attached hydrogens (primary N) is 1. The highest BCUT2D eigenvalue weighted by atomic mass is 19.4. The fraction of sp³-hybridized carbons (Fsp3) is 0.808. The summed E-state index contributed by atoms with van der Waals surface area (Å²) in [5.41, 5.74) is 5.23. The number of carbonyl (C=O) groups is 1. The molecule has 2 unspecified atom stereocenters. The van der Waals surface area contributed by atoms with Gasteiger partial charge in [-0.3, -0.25) is 9.69 Å². The highest BCUT2D eigenvalue weighted by Crippen LogP contribution is 2.34. The van der Waals surface area contributed by atoms with E-state index < -0.39 is 30.4 Å². The predicted octanol–water partition coefficient (Wildman–Crippen LogP) is 4.34. The van der Waals surface area contributed by atoms with E-state index in [4.69, 9.17) is 5.73 Å². The molecule has 0 radical (unpaired) electrons. The molecule has 0 bridgehead atoms. The van der Waals surface area contributed by atoms with Gasteiger partial charge in [0.15, 0.2) is 11.6 Å². The van der Waals surface area contributed by atoms with Gasteiger partial charge in [-0.15, -0.1) is 0 Å². The van der Waals surface area contributed by atoms with Gasteiger partial charge in [0.2, 0.25) is 11.7 Å². The lowest BCUT2D eigenvalue weighted by Crippen LogP contribution is -2.48. The summed E-state index contributed by atoms with van der Waals surface area (Å²) in [6, 6.07) is 0.107. The van der Waals surface area contributed by atoms with Crippen LogP contribution in [0.5, 0.6) is 0 Å². The number of likely N-dealkylation sites (tertiary alicyclic amines) is 1. The van der Waals surface area contributed by atoms with Crippen molar-refractivity contribution < 1.29 is 27.5 Å². The third kappa shape index (κ3) is 9.83. The highest BCUT2D eigenvalue weighted by molar-refractivity contribution is 5.75. The minimum Gasteiger partial charge on any atom is -0.391 e. The van der Waals surface area contributed by atoms with E-state index in [2.05, 4.69) is 15.3 Å². The maximum Gasteiger partial charge on any atom is 0.389 e. The van der Waals surface area contributed by atoms with Gasteiger partial charge in [0.1, 0.15) is 6.33 Å². The Labute approximate surface area is 223 Å². The SMILES string of the molecule is CC.CC[C@@H](CCCC(F)(F)F)CN(c1ncnc(NCC2CCN(CC(N)=O)CC2O)c1F)C1CCC1. The summed E-state index contributed by atoms with van der Waals surface area (Å²) < 4.78 is 53.4. The molecule has 0 spiro atoms. The average Bonchev–Trinajstić information content (AvgIpc) is 2.82. The Morgan fingerprint density at radius 2 is 2.00 bits per heavy atom. The Bertz CT molecular complexity index is 856. The largest absolute Gasteiger partial charge is 0.391 e. The van der Waals surface area contributed by atoms with Crippen molar-refractivity contribution in [2.45, 2.75) is 90.5 Å². The summed E-state index contributed by atoms with van der Waals surface area (Å²) in [6.07, 6.45) is 0.221. The van der Waals surface area contributed by atoms with Crippen LogP contribution in [0.15, 0.2) is 6.33 Å². The van der Waals surface area contributed by atoms with Crippen LogP contribution in [0.25, 0.3) is 0 Å². The van der Waals surface area contributed by atoms with Gasteiger partial charge < -0.3 is 21.1 Å². The molecular formula is C26H44F4N6O2. The van der Waals surface area contributed by atoms with Crippen molar-refractivity contribution >= 4 is 17.5 Å². The van der Waals surface area contributed by atoms with Crippen LogP contribution in [0.1, 0.15) is 72.1 Å². The maximum absolute atomic E-state index is 15.6. The molecule has 3 atom stereocenters. The van der Waals surface area contributed by atoms with Crippen molar-refractivity contribution in [2.24, 2.45) is 17.6 Å². The third-order valence-electron chi connectivity index (χ3n) is 7.38. The van der Waals surface area contributed by atoms with Gasteiger partial charge in [-0.25, -0.2) is 9.97 Å². The fourth-order valence-corrected chi connectivity index (χ4v) is 4.96. The van der Waals surface area contributed by atoms with Crippen molar-refractivity contribution in [3.63, 3.8) is 0 Å². The average molecular weight is 549 g/mol. The van der Waals surface area contributed by atoms with E-state index in [1.165, 1.54) is 6.33 Å². The van der Waals surface area contributed by atoms with Crippen molar-refractivity contribution in [3.05, 3.63) is 12.1 Å². The number of piperidine rings is 1. The Kier molecular flexibility index (Phi) is 13.0. The lowest BCUT2D eigenvalue weighted by molar-refractivity contribution is -0.136. The van der Waals surface area contributed by atoms with Gasteiger partial charge in [0.25, 0.3) is 0 Å². The van der Waals surface area contributed by atoms with Crippen LogP contribution in [0, 0.1) is 17.7 Å². The second kappa shape index (κ2) is 15.4. The van der Waals surface area contributed by atoms with E-state index in [1.54, 1.807) is 4.90 Å². The monoisotopic (exact) mass is 548 g/mol. The first-order valence-electron chi connectivity index (χ1n) is 13.8.